The van der Waals surface area contributed by atoms with E-state index in [1.165, 1.54) is 0 Å². The van der Waals surface area contributed by atoms with Gasteiger partial charge < -0.3 is 14.4 Å². The Bertz CT molecular complexity index is 1490. The molecule has 1 aromatic heterocycles. The number of fused-ring (bicyclic) bond motifs is 1. The molecule has 37 heavy (non-hydrogen) atoms. The molecule has 5 aromatic rings. The largest absolute Gasteiger partial charge is 0.478 e. The van der Waals surface area contributed by atoms with Gasteiger partial charge in [-0.3, -0.25) is 0 Å². The Hall–Kier alpha value is -3.99. The molecule has 0 spiro atoms. The first-order chi connectivity index (χ1) is 18.1. The normalized spacial score (nSPS) is 13.8. The highest BCUT2D eigenvalue weighted by atomic mass is 31.2. The average molecular weight is 510 g/mol. The van der Waals surface area contributed by atoms with Gasteiger partial charge >= 0.3 is 0 Å². The summed E-state index contributed by atoms with van der Waals surface area (Å²) in [6, 6.07) is 35.6. The number of nitrogens with zero attached hydrogens (tertiary/aromatic N) is 3. The number of hydrogen-bond donors (Lipinski definition) is 1. The van der Waals surface area contributed by atoms with E-state index >= 15 is 4.57 Å². The molecule has 7 heteroatoms. The molecule has 1 heterocycles. The third kappa shape index (κ3) is 4.86. The predicted molar refractivity (Wildman–Crippen MR) is 148 cm³/mol. The SMILES string of the molecule is CCO/C(=C/[C@@H]([C@H](O)c1ccccc1)P(=O)(c1ccccc1)c1ccccc1)n1nnc2ccccc21. The summed E-state index contributed by atoms with van der Waals surface area (Å²) in [5, 5.41) is 21.7. The molecule has 5 rings (SSSR count). The highest BCUT2D eigenvalue weighted by Crippen LogP contribution is 2.54. The zero-order valence-corrected chi connectivity index (χ0v) is 21.4. The fourth-order valence-corrected chi connectivity index (χ4v) is 7.66. The zero-order valence-electron chi connectivity index (χ0n) is 20.5. The third-order valence-electron chi connectivity index (χ3n) is 6.33. The summed E-state index contributed by atoms with van der Waals surface area (Å²) in [7, 11) is -3.46. The van der Waals surface area contributed by atoms with Crippen molar-refractivity contribution in [3.63, 3.8) is 0 Å². The quantitative estimate of drug-likeness (QED) is 0.213. The number of rotatable bonds is 9. The third-order valence-corrected chi connectivity index (χ3v) is 9.73. The van der Waals surface area contributed by atoms with E-state index in [4.69, 9.17) is 4.74 Å². The molecule has 0 unspecified atom stereocenters. The second-order valence-electron chi connectivity index (χ2n) is 8.60. The van der Waals surface area contributed by atoms with Gasteiger partial charge in [0.1, 0.15) is 5.52 Å². The van der Waals surface area contributed by atoms with E-state index in [2.05, 4.69) is 10.3 Å². The Balaban J connectivity index is 1.77. The summed E-state index contributed by atoms with van der Waals surface area (Å²) < 4.78 is 23.1. The van der Waals surface area contributed by atoms with E-state index in [1.807, 2.05) is 122 Å². The Morgan fingerprint density at radius 1 is 0.865 bits per heavy atom. The second-order valence-corrected chi connectivity index (χ2v) is 11.5. The molecule has 0 amide bonds. The van der Waals surface area contributed by atoms with Gasteiger partial charge in [-0.25, -0.2) is 0 Å². The molecular formula is C30H28N3O3P. The van der Waals surface area contributed by atoms with Crippen molar-refractivity contribution in [2.24, 2.45) is 0 Å². The van der Waals surface area contributed by atoms with Crippen LogP contribution in [0, 0.1) is 0 Å². The summed E-state index contributed by atoms with van der Waals surface area (Å²) >= 11 is 0. The zero-order chi connectivity index (χ0) is 25.7. The van der Waals surface area contributed by atoms with Gasteiger partial charge in [0.2, 0.25) is 5.88 Å². The van der Waals surface area contributed by atoms with E-state index in [9.17, 15) is 5.11 Å². The highest BCUT2D eigenvalue weighted by Gasteiger charge is 2.41. The van der Waals surface area contributed by atoms with Gasteiger partial charge in [-0.15, -0.1) is 5.10 Å². The number of aliphatic hydroxyl groups excluding tert-OH is 1. The smallest absolute Gasteiger partial charge is 0.213 e. The summed E-state index contributed by atoms with van der Waals surface area (Å²) in [4.78, 5) is 0. The molecule has 186 valence electrons. The molecule has 0 fully saturated rings. The molecule has 0 saturated carbocycles. The van der Waals surface area contributed by atoms with Gasteiger partial charge in [0.05, 0.1) is 23.9 Å². The highest BCUT2D eigenvalue weighted by molar-refractivity contribution is 7.79. The van der Waals surface area contributed by atoms with E-state index < -0.39 is 18.9 Å². The molecular weight excluding hydrogens is 481 g/mol. The van der Waals surface area contributed by atoms with Gasteiger partial charge in [0.25, 0.3) is 0 Å². The van der Waals surface area contributed by atoms with Gasteiger partial charge in [-0.2, -0.15) is 4.68 Å². The first-order valence-corrected chi connectivity index (χ1v) is 14.0. The molecule has 0 bridgehead atoms. The van der Waals surface area contributed by atoms with E-state index in [1.54, 1.807) is 10.8 Å². The van der Waals surface area contributed by atoms with Crippen LogP contribution in [0.25, 0.3) is 16.9 Å². The van der Waals surface area contributed by atoms with Crippen molar-refractivity contribution in [2.45, 2.75) is 18.7 Å². The van der Waals surface area contributed by atoms with Gasteiger partial charge in [-0.1, -0.05) is 108 Å². The molecule has 0 radical (unpaired) electrons. The van der Waals surface area contributed by atoms with Crippen molar-refractivity contribution < 1.29 is 14.4 Å². The topological polar surface area (TPSA) is 77.2 Å². The number of para-hydroxylation sites is 1. The Morgan fingerprint density at radius 2 is 1.41 bits per heavy atom. The van der Waals surface area contributed by atoms with E-state index in [0.29, 0.717) is 34.2 Å². The first kappa shape index (κ1) is 24.7. The maximum absolute atomic E-state index is 15.4. The molecule has 4 aromatic carbocycles. The molecule has 0 aliphatic heterocycles. The molecule has 2 atom stereocenters. The predicted octanol–water partition coefficient (Wildman–Crippen LogP) is 5.38. The Labute approximate surface area is 216 Å². The van der Waals surface area contributed by atoms with Crippen molar-refractivity contribution in [1.82, 2.24) is 15.0 Å². The lowest BCUT2D eigenvalue weighted by Crippen LogP contribution is -2.30. The second kappa shape index (κ2) is 11.0. The van der Waals surface area contributed by atoms with Crippen LogP contribution in [0.15, 0.2) is 121 Å². The average Bonchev–Trinajstić information content (AvgIpc) is 3.40. The lowest BCUT2D eigenvalue weighted by Gasteiger charge is -2.31. The molecule has 6 nitrogen and oxygen atoms in total. The van der Waals surface area contributed by atoms with Crippen LogP contribution in [0.2, 0.25) is 0 Å². The van der Waals surface area contributed by atoms with Crippen molar-refractivity contribution in [1.29, 1.82) is 0 Å². The standard InChI is InChI=1S/C30H28N3O3P/c1-2-36-29(33-27-21-13-12-20-26(27)31-32-33)22-28(30(34)23-14-6-3-7-15-23)37(35,24-16-8-4-9-17-24)25-18-10-5-11-19-25/h3-22,28,30,34H,2H2,1H3/b29-22+/t28-,30+/m0/s1. The number of aromatic nitrogens is 3. The fourth-order valence-electron chi connectivity index (χ4n) is 4.54. The van der Waals surface area contributed by atoms with Crippen molar-refractivity contribution in [3.8, 4) is 0 Å². The number of aliphatic hydroxyl groups is 1. The lowest BCUT2D eigenvalue weighted by molar-refractivity contribution is 0.182. The fraction of sp³-hybridized carbons (Fsp3) is 0.133. The van der Waals surface area contributed by atoms with Crippen LogP contribution >= 0.6 is 7.14 Å². The first-order valence-electron chi connectivity index (χ1n) is 12.2. The van der Waals surface area contributed by atoms with Crippen LogP contribution in [0.4, 0.5) is 0 Å². The molecule has 0 aliphatic carbocycles. The van der Waals surface area contributed by atoms with Gasteiger partial charge in [0, 0.05) is 10.6 Å². The van der Waals surface area contributed by atoms with Crippen molar-refractivity contribution in [3.05, 3.63) is 127 Å². The molecule has 0 aliphatic rings. The minimum Gasteiger partial charge on any atom is -0.478 e. The van der Waals surface area contributed by atoms with Crippen molar-refractivity contribution in [2.75, 3.05) is 6.61 Å². The summed E-state index contributed by atoms with van der Waals surface area (Å²) in [6.07, 6.45) is 0.668. The lowest BCUT2D eigenvalue weighted by atomic mass is 10.1. The van der Waals surface area contributed by atoms with Crippen LogP contribution < -0.4 is 10.6 Å². The summed E-state index contributed by atoms with van der Waals surface area (Å²) in [6.45, 7) is 2.23. The monoisotopic (exact) mass is 509 g/mol. The molecule has 1 N–H and O–H groups in total. The maximum Gasteiger partial charge on any atom is 0.213 e. The van der Waals surface area contributed by atoms with Crippen LogP contribution in [0.1, 0.15) is 18.6 Å². The van der Waals surface area contributed by atoms with Crippen LogP contribution in [0.5, 0.6) is 0 Å². The van der Waals surface area contributed by atoms with Gasteiger partial charge in [-0.05, 0) is 30.7 Å². The minimum absolute atomic E-state index is 0.356. The summed E-state index contributed by atoms with van der Waals surface area (Å²) in [5.41, 5.74) is 1.27. The van der Waals surface area contributed by atoms with E-state index in [-0.39, 0.29) is 0 Å². The minimum atomic E-state index is -3.46. The van der Waals surface area contributed by atoms with Gasteiger partial charge in [0.15, 0.2) is 7.14 Å². The molecule has 0 saturated heterocycles. The number of benzene rings is 4. The number of hydrogen-bond acceptors (Lipinski definition) is 5. The van der Waals surface area contributed by atoms with Crippen LogP contribution in [-0.2, 0) is 9.30 Å². The van der Waals surface area contributed by atoms with Crippen LogP contribution in [0.3, 0.4) is 0 Å². The Morgan fingerprint density at radius 3 is 2.00 bits per heavy atom. The van der Waals surface area contributed by atoms with Crippen LogP contribution in [-0.4, -0.2) is 32.4 Å². The Kier molecular flexibility index (Phi) is 7.31. The van der Waals surface area contributed by atoms with E-state index in [0.717, 1.165) is 5.52 Å². The summed E-state index contributed by atoms with van der Waals surface area (Å²) in [5.74, 6) is 0.364. The maximum atomic E-state index is 15.4. The number of ether oxygens (including phenoxy) is 1. The van der Waals surface area contributed by atoms with Crippen molar-refractivity contribution >= 4 is 34.7 Å².